The van der Waals surface area contributed by atoms with E-state index < -0.39 is 11.5 Å². The molecule has 1 N–H and O–H groups in total. The zero-order valence-corrected chi connectivity index (χ0v) is 23.8. The number of carbonyl (C=O) groups is 1. The van der Waals surface area contributed by atoms with Crippen molar-refractivity contribution in [3.63, 3.8) is 0 Å². The summed E-state index contributed by atoms with van der Waals surface area (Å²) in [7, 11) is 0. The van der Waals surface area contributed by atoms with Gasteiger partial charge < -0.3 is 9.38 Å². The van der Waals surface area contributed by atoms with Crippen molar-refractivity contribution < 1.29 is 4.79 Å². The Balaban J connectivity index is 1.66. The van der Waals surface area contributed by atoms with Crippen molar-refractivity contribution in [2.24, 2.45) is 0 Å². The SMILES string of the molecule is C#CCN(C(=O)c1cc(Cl)nnc1Cl)c1ncc(-c2nc3c([nH]2)c(=O)n(CCCC)c(=O)n3CCC)n2cccc12. The second kappa shape index (κ2) is 11.6. The van der Waals surface area contributed by atoms with Crippen molar-refractivity contribution in [2.45, 2.75) is 46.2 Å². The number of aromatic nitrogens is 8. The van der Waals surface area contributed by atoms with Crippen LogP contribution < -0.4 is 16.1 Å². The smallest absolute Gasteiger partial charge is 0.331 e. The molecule has 14 heteroatoms. The molecule has 12 nitrogen and oxygen atoms in total. The molecule has 0 aliphatic heterocycles. The molecule has 0 saturated heterocycles. The van der Waals surface area contributed by atoms with Gasteiger partial charge in [-0.2, -0.15) is 0 Å². The molecular formula is C27H25Cl2N9O3. The monoisotopic (exact) mass is 593 g/mol. The van der Waals surface area contributed by atoms with Gasteiger partial charge in [0, 0.05) is 19.3 Å². The number of hydrogen-bond acceptors (Lipinski definition) is 7. The minimum atomic E-state index is -0.562. The molecule has 5 aromatic heterocycles. The van der Waals surface area contributed by atoms with E-state index in [0.717, 1.165) is 6.42 Å². The standard InChI is InChI=1S/C27H25Cl2N9O3/c1-4-7-12-38-26(40)20-24(37(11-6-3)27(38)41)32-22(31-20)18-15-30-23(17-9-8-13-35(17)18)36(10-5-2)25(39)16-14-19(28)33-34-21(16)29/h2,8-9,13-15H,4,6-7,10-12H2,1,3H3,(H,31,32). The van der Waals surface area contributed by atoms with Crippen LogP contribution in [0.15, 0.2) is 40.2 Å². The van der Waals surface area contributed by atoms with E-state index in [9.17, 15) is 14.4 Å². The van der Waals surface area contributed by atoms with Gasteiger partial charge in [0.2, 0.25) is 0 Å². The molecule has 0 saturated carbocycles. The fourth-order valence-electron chi connectivity index (χ4n) is 4.62. The average molecular weight is 594 g/mol. The largest absolute Gasteiger partial charge is 0.332 e. The van der Waals surface area contributed by atoms with Gasteiger partial charge in [-0.05, 0) is 31.0 Å². The molecule has 0 bridgehead atoms. The first-order valence-corrected chi connectivity index (χ1v) is 13.7. The van der Waals surface area contributed by atoms with Crippen molar-refractivity contribution in [3.8, 4) is 23.9 Å². The third-order valence-electron chi connectivity index (χ3n) is 6.53. The zero-order chi connectivity index (χ0) is 29.3. The van der Waals surface area contributed by atoms with Crippen LogP contribution in [0.5, 0.6) is 0 Å². The first kappa shape index (κ1) is 28.1. The summed E-state index contributed by atoms with van der Waals surface area (Å²) in [6, 6.07) is 4.84. The third kappa shape index (κ3) is 4.98. The maximum Gasteiger partial charge on any atom is 0.332 e. The summed E-state index contributed by atoms with van der Waals surface area (Å²) in [4.78, 5) is 53.6. The van der Waals surface area contributed by atoms with E-state index in [1.807, 2.05) is 13.8 Å². The van der Waals surface area contributed by atoms with Crippen molar-refractivity contribution in [1.82, 2.24) is 38.7 Å². The van der Waals surface area contributed by atoms with E-state index in [0.29, 0.717) is 43.0 Å². The van der Waals surface area contributed by atoms with Crippen LogP contribution in [0, 0.1) is 12.3 Å². The molecule has 5 rings (SSSR count). The van der Waals surface area contributed by atoms with Crippen LogP contribution >= 0.6 is 23.2 Å². The Morgan fingerprint density at radius 2 is 1.95 bits per heavy atom. The first-order chi connectivity index (χ1) is 19.8. The Kier molecular flexibility index (Phi) is 7.92. The van der Waals surface area contributed by atoms with Crippen molar-refractivity contribution in [1.29, 1.82) is 0 Å². The van der Waals surface area contributed by atoms with Crippen LogP contribution in [0.2, 0.25) is 10.3 Å². The quantitative estimate of drug-likeness (QED) is 0.257. The van der Waals surface area contributed by atoms with Crippen molar-refractivity contribution in [2.75, 3.05) is 11.4 Å². The van der Waals surface area contributed by atoms with Crippen molar-refractivity contribution >= 4 is 51.6 Å². The Hall–Kier alpha value is -4.47. The molecule has 0 radical (unpaired) electrons. The number of carbonyl (C=O) groups excluding carboxylic acids is 1. The Morgan fingerprint density at radius 1 is 1.15 bits per heavy atom. The number of aromatic amines is 1. The summed E-state index contributed by atoms with van der Waals surface area (Å²) in [6.07, 6.45) is 11.1. The maximum atomic E-state index is 13.5. The second-order valence-corrected chi connectivity index (χ2v) is 9.97. The fourth-order valence-corrected chi connectivity index (χ4v) is 4.94. The molecule has 210 valence electrons. The summed E-state index contributed by atoms with van der Waals surface area (Å²) >= 11 is 12.1. The molecule has 0 unspecified atom stereocenters. The van der Waals surface area contributed by atoms with Gasteiger partial charge in [-0.3, -0.25) is 23.6 Å². The normalized spacial score (nSPS) is 11.3. The number of rotatable bonds is 9. The molecule has 0 aliphatic rings. The average Bonchev–Trinajstić information content (AvgIpc) is 3.63. The van der Waals surface area contributed by atoms with E-state index in [1.54, 1.807) is 22.7 Å². The highest BCUT2D eigenvalue weighted by atomic mass is 35.5. The van der Waals surface area contributed by atoms with E-state index in [-0.39, 0.29) is 45.1 Å². The number of halogens is 2. The topological polar surface area (TPSA) is 136 Å². The van der Waals surface area contributed by atoms with E-state index >= 15 is 0 Å². The summed E-state index contributed by atoms with van der Waals surface area (Å²) in [6.45, 7) is 4.56. The van der Waals surface area contributed by atoms with Gasteiger partial charge in [0.1, 0.15) is 11.2 Å². The lowest BCUT2D eigenvalue weighted by Gasteiger charge is -2.21. The number of H-pyrrole nitrogens is 1. The van der Waals surface area contributed by atoms with Gasteiger partial charge >= 0.3 is 5.69 Å². The number of aryl methyl sites for hydroxylation is 1. The highest BCUT2D eigenvalue weighted by Crippen LogP contribution is 2.28. The van der Waals surface area contributed by atoms with Gasteiger partial charge in [0.05, 0.1) is 23.8 Å². The Labute approximate surface area is 243 Å². The van der Waals surface area contributed by atoms with Crippen LogP contribution in [0.1, 0.15) is 43.5 Å². The summed E-state index contributed by atoms with van der Waals surface area (Å²) < 4.78 is 4.53. The van der Waals surface area contributed by atoms with Gasteiger partial charge in [0.15, 0.2) is 27.6 Å². The molecular weight excluding hydrogens is 569 g/mol. The number of anilines is 1. The second-order valence-electron chi connectivity index (χ2n) is 9.23. The van der Waals surface area contributed by atoms with Gasteiger partial charge in [0.25, 0.3) is 11.5 Å². The van der Waals surface area contributed by atoms with Crippen molar-refractivity contribution in [3.05, 3.63) is 67.3 Å². The number of unbranched alkanes of at least 4 members (excludes halogenated alkanes) is 1. The predicted octanol–water partition coefficient (Wildman–Crippen LogP) is 3.79. The van der Waals surface area contributed by atoms with E-state index in [2.05, 4.69) is 31.1 Å². The maximum absolute atomic E-state index is 13.5. The zero-order valence-electron chi connectivity index (χ0n) is 22.3. The molecule has 0 aliphatic carbocycles. The Morgan fingerprint density at radius 3 is 2.68 bits per heavy atom. The van der Waals surface area contributed by atoms with Crippen LogP contribution in [0.25, 0.3) is 28.2 Å². The number of terminal acetylenes is 1. The highest BCUT2D eigenvalue weighted by molar-refractivity contribution is 6.34. The summed E-state index contributed by atoms with van der Waals surface area (Å²) in [5.74, 6) is 2.50. The minimum Gasteiger partial charge on any atom is -0.331 e. The third-order valence-corrected chi connectivity index (χ3v) is 7.00. The van der Waals surface area contributed by atoms with Gasteiger partial charge in [-0.15, -0.1) is 16.6 Å². The molecule has 0 aromatic carbocycles. The minimum absolute atomic E-state index is 0.00487. The molecule has 41 heavy (non-hydrogen) atoms. The van der Waals surface area contributed by atoms with Gasteiger partial charge in [-0.25, -0.2) is 14.8 Å². The lowest BCUT2D eigenvalue weighted by Crippen LogP contribution is -2.40. The summed E-state index contributed by atoms with van der Waals surface area (Å²) in [5.41, 5.74) is 0.738. The molecule has 0 atom stereocenters. The lowest BCUT2D eigenvalue weighted by molar-refractivity contribution is 0.0989. The van der Waals surface area contributed by atoms with Crippen LogP contribution in [0.3, 0.4) is 0 Å². The molecule has 1 amide bonds. The fraction of sp³-hybridized carbons (Fsp3) is 0.296. The van der Waals surface area contributed by atoms with Crippen LogP contribution in [0.4, 0.5) is 5.82 Å². The number of imidazole rings is 1. The number of amides is 1. The Bertz CT molecular complexity index is 1950. The predicted molar refractivity (Wildman–Crippen MR) is 157 cm³/mol. The lowest BCUT2D eigenvalue weighted by atomic mass is 10.2. The van der Waals surface area contributed by atoms with E-state index in [4.69, 9.17) is 29.6 Å². The van der Waals surface area contributed by atoms with E-state index in [1.165, 1.54) is 26.3 Å². The molecule has 5 heterocycles. The summed E-state index contributed by atoms with van der Waals surface area (Å²) in [5, 5.41) is 7.23. The molecule has 0 spiro atoms. The van der Waals surface area contributed by atoms with Crippen LogP contribution in [-0.2, 0) is 13.1 Å². The highest BCUT2D eigenvalue weighted by Gasteiger charge is 2.26. The molecule has 5 aromatic rings. The number of hydrogen-bond donors (Lipinski definition) is 1. The number of nitrogens with one attached hydrogen (secondary N) is 1. The molecule has 0 fully saturated rings. The number of nitrogens with zero attached hydrogens (tertiary/aromatic N) is 8. The van der Waals surface area contributed by atoms with Crippen LogP contribution in [-0.4, -0.2) is 51.1 Å². The first-order valence-electron chi connectivity index (χ1n) is 12.9. The number of fused-ring (bicyclic) bond motifs is 2. The van der Waals surface area contributed by atoms with Gasteiger partial charge in [-0.1, -0.05) is 49.4 Å².